The van der Waals surface area contributed by atoms with Gasteiger partial charge in [0, 0.05) is 34.2 Å². The van der Waals surface area contributed by atoms with Crippen LogP contribution in [0.4, 0.5) is 0 Å². The summed E-state index contributed by atoms with van der Waals surface area (Å²) in [6.45, 7) is 0.306. The molecule has 0 aliphatic carbocycles. The molecule has 1 saturated heterocycles. The summed E-state index contributed by atoms with van der Waals surface area (Å²) in [6.07, 6.45) is 2.47. The maximum Gasteiger partial charge on any atom is 0.295 e. The molecule has 1 aliphatic rings. The molecule has 4 aromatic rings. The molecule has 0 unspecified atom stereocenters. The molecule has 1 aliphatic heterocycles. The smallest absolute Gasteiger partial charge is 0.295 e. The second-order valence-corrected chi connectivity index (χ2v) is 8.82. The topological polar surface area (TPSA) is 82.6 Å². The van der Waals surface area contributed by atoms with Gasteiger partial charge in [-0.1, -0.05) is 41.9 Å². The van der Waals surface area contributed by atoms with Crippen LogP contribution >= 0.6 is 11.6 Å². The second kappa shape index (κ2) is 9.31. The number of likely N-dealkylation sites (tertiary alicyclic amines) is 1. The van der Waals surface area contributed by atoms with Crippen LogP contribution in [0.5, 0.6) is 5.75 Å². The first-order valence-corrected chi connectivity index (χ1v) is 11.6. The molecule has 5 rings (SSSR count). The van der Waals surface area contributed by atoms with Crippen molar-refractivity contribution >= 4 is 40.0 Å². The third-order valence-electron chi connectivity index (χ3n) is 6.39. The maximum atomic E-state index is 13.2. The number of Topliss-reactive ketones (excluding diaryl/α,β-unsaturated/α-hetero) is 1. The molecule has 1 fully saturated rings. The van der Waals surface area contributed by atoms with Crippen LogP contribution in [0, 0.1) is 0 Å². The van der Waals surface area contributed by atoms with E-state index in [4.69, 9.17) is 16.3 Å². The number of para-hydroxylation sites is 1. The molecule has 3 aromatic carbocycles. The highest BCUT2D eigenvalue weighted by atomic mass is 35.5. The molecule has 0 spiro atoms. The molecule has 2 heterocycles. The van der Waals surface area contributed by atoms with Crippen molar-refractivity contribution in [2.24, 2.45) is 0 Å². The SMILES string of the molecule is COc1ccc([C@H]2C(=C(O)c3ccc(Cl)cc3)C(=O)C(=O)N2CCc2c[nH]c3ccccc23)cc1. The zero-order chi connectivity index (χ0) is 24.5. The van der Waals surface area contributed by atoms with E-state index in [9.17, 15) is 14.7 Å². The number of ether oxygens (including phenoxy) is 1. The van der Waals surface area contributed by atoms with Gasteiger partial charge in [-0.25, -0.2) is 0 Å². The van der Waals surface area contributed by atoms with Crippen molar-refractivity contribution in [3.63, 3.8) is 0 Å². The van der Waals surface area contributed by atoms with Crippen LogP contribution in [0.3, 0.4) is 0 Å². The van der Waals surface area contributed by atoms with Crippen LogP contribution in [0.1, 0.15) is 22.7 Å². The summed E-state index contributed by atoms with van der Waals surface area (Å²) < 4.78 is 5.27. The van der Waals surface area contributed by atoms with Crippen molar-refractivity contribution < 1.29 is 19.4 Å². The quantitative estimate of drug-likeness (QED) is 0.214. The number of aromatic nitrogens is 1. The highest BCUT2D eigenvalue weighted by molar-refractivity contribution is 6.46. The van der Waals surface area contributed by atoms with Crippen LogP contribution in [-0.4, -0.2) is 40.3 Å². The fraction of sp³-hybridized carbons (Fsp3) is 0.143. The summed E-state index contributed by atoms with van der Waals surface area (Å²) in [5.41, 5.74) is 3.25. The number of carbonyl (C=O) groups excluding carboxylic acids is 2. The van der Waals surface area contributed by atoms with Crippen LogP contribution in [0.25, 0.3) is 16.7 Å². The fourth-order valence-electron chi connectivity index (χ4n) is 4.59. The average molecular weight is 487 g/mol. The summed E-state index contributed by atoms with van der Waals surface area (Å²) >= 11 is 5.99. The third-order valence-corrected chi connectivity index (χ3v) is 6.64. The number of benzene rings is 3. The predicted molar refractivity (Wildman–Crippen MR) is 135 cm³/mol. The molecule has 35 heavy (non-hydrogen) atoms. The van der Waals surface area contributed by atoms with E-state index in [1.165, 1.54) is 4.90 Å². The first kappa shape index (κ1) is 22.7. The van der Waals surface area contributed by atoms with Gasteiger partial charge in [0.05, 0.1) is 18.7 Å². The lowest BCUT2D eigenvalue weighted by atomic mass is 9.95. The summed E-state index contributed by atoms with van der Waals surface area (Å²) in [5.74, 6) is -0.920. The lowest BCUT2D eigenvalue weighted by molar-refractivity contribution is -0.139. The minimum atomic E-state index is -0.734. The summed E-state index contributed by atoms with van der Waals surface area (Å²) in [4.78, 5) is 31.2. The number of carbonyl (C=O) groups is 2. The van der Waals surface area contributed by atoms with Gasteiger partial charge in [0.1, 0.15) is 11.5 Å². The van der Waals surface area contributed by atoms with Crippen molar-refractivity contribution in [1.29, 1.82) is 0 Å². The zero-order valence-corrected chi connectivity index (χ0v) is 19.8. The van der Waals surface area contributed by atoms with Gasteiger partial charge in [0.2, 0.25) is 0 Å². The molecular weight excluding hydrogens is 464 g/mol. The second-order valence-electron chi connectivity index (χ2n) is 8.38. The lowest BCUT2D eigenvalue weighted by Gasteiger charge is -2.25. The van der Waals surface area contributed by atoms with Crippen molar-refractivity contribution in [3.05, 3.63) is 106 Å². The van der Waals surface area contributed by atoms with Crippen LogP contribution in [-0.2, 0) is 16.0 Å². The molecule has 1 aromatic heterocycles. The van der Waals surface area contributed by atoms with E-state index in [1.54, 1.807) is 43.5 Å². The molecule has 1 amide bonds. The molecule has 2 N–H and O–H groups in total. The van der Waals surface area contributed by atoms with Gasteiger partial charge in [-0.15, -0.1) is 0 Å². The number of aliphatic hydroxyl groups excluding tert-OH is 1. The van der Waals surface area contributed by atoms with E-state index >= 15 is 0 Å². The number of aliphatic hydroxyl groups is 1. The third kappa shape index (κ3) is 4.17. The molecular formula is C28H23ClN2O4. The Morgan fingerprint density at radius 3 is 2.46 bits per heavy atom. The number of ketones is 1. The van der Waals surface area contributed by atoms with Gasteiger partial charge < -0.3 is 19.7 Å². The first-order valence-electron chi connectivity index (χ1n) is 11.2. The Labute approximate surface area is 207 Å². The zero-order valence-electron chi connectivity index (χ0n) is 19.0. The minimum absolute atomic E-state index is 0.0569. The molecule has 1 atom stereocenters. The van der Waals surface area contributed by atoms with E-state index in [1.807, 2.05) is 42.6 Å². The van der Waals surface area contributed by atoms with Crippen LogP contribution in [0.15, 0.2) is 84.6 Å². The predicted octanol–water partition coefficient (Wildman–Crippen LogP) is 5.49. The minimum Gasteiger partial charge on any atom is -0.507 e. The average Bonchev–Trinajstić information content (AvgIpc) is 3.41. The normalized spacial score (nSPS) is 17.3. The van der Waals surface area contributed by atoms with Gasteiger partial charge in [0.25, 0.3) is 11.7 Å². The number of hydrogen-bond donors (Lipinski definition) is 2. The molecule has 0 radical (unpaired) electrons. The van der Waals surface area contributed by atoms with E-state index in [0.29, 0.717) is 34.9 Å². The Morgan fingerprint density at radius 1 is 1.03 bits per heavy atom. The monoisotopic (exact) mass is 486 g/mol. The van der Waals surface area contributed by atoms with E-state index in [2.05, 4.69) is 4.98 Å². The Kier molecular flexibility index (Phi) is 6.05. The summed E-state index contributed by atoms with van der Waals surface area (Å²) in [7, 11) is 1.57. The highest BCUT2D eigenvalue weighted by Crippen LogP contribution is 2.40. The number of hydrogen-bond acceptors (Lipinski definition) is 4. The molecule has 7 heteroatoms. The van der Waals surface area contributed by atoms with Crippen molar-refractivity contribution in [1.82, 2.24) is 9.88 Å². The molecule has 0 saturated carbocycles. The van der Waals surface area contributed by atoms with E-state index in [-0.39, 0.29) is 11.3 Å². The van der Waals surface area contributed by atoms with Crippen LogP contribution < -0.4 is 4.74 Å². The van der Waals surface area contributed by atoms with Gasteiger partial charge in [-0.2, -0.15) is 0 Å². The lowest BCUT2D eigenvalue weighted by Crippen LogP contribution is -2.31. The number of H-pyrrole nitrogens is 1. The van der Waals surface area contributed by atoms with Gasteiger partial charge in [0.15, 0.2) is 0 Å². The maximum absolute atomic E-state index is 13.2. The fourth-order valence-corrected chi connectivity index (χ4v) is 4.71. The van der Waals surface area contributed by atoms with E-state index in [0.717, 1.165) is 16.5 Å². The Balaban J connectivity index is 1.56. The van der Waals surface area contributed by atoms with Gasteiger partial charge in [-0.05, 0) is 60.0 Å². The Bertz CT molecular complexity index is 1440. The Hall–Kier alpha value is -4.03. The van der Waals surface area contributed by atoms with Gasteiger partial charge >= 0.3 is 0 Å². The Morgan fingerprint density at radius 2 is 1.74 bits per heavy atom. The number of aromatic amines is 1. The number of nitrogens with one attached hydrogen (secondary N) is 1. The molecule has 0 bridgehead atoms. The molecule has 176 valence electrons. The number of fused-ring (bicyclic) bond motifs is 1. The van der Waals surface area contributed by atoms with E-state index < -0.39 is 17.7 Å². The number of nitrogens with zero attached hydrogens (tertiary/aromatic N) is 1. The van der Waals surface area contributed by atoms with Crippen molar-refractivity contribution in [3.8, 4) is 5.75 Å². The van der Waals surface area contributed by atoms with Gasteiger partial charge in [-0.3, -0.25) is 9.59 Å². The number of methoxy groups -OCH3 is 1. The first-order chi connectivity index (χ1) is 17.0. The number of amides is 1. The largest absolute Gasteiger partial charge is 0.507 e. The van der Waals surface area contributed by atoms with Crippen molar-refractivity contribution in [2.45, 2.75) is 12.5 Å². The van der Waals surface area contributed by atoms with Crippen molar-refractivity contribution in [2.75, 3.05) is 13.7 Å². The number of rotatable bonds is 6. The summed E-state index contributed by atoms with van der Waals surface area (Å²) in [6, 6.07) is 20.9. The molecule has 6 nitrogen and oxygen atoms in total. The standard InChI is InChI=1S/C28H23ClN2O4/c1-35-21-12-8-17(9-13-21)25-24(26(32)18-6-10-20(29)11-7-18)27(33)28(34)31(25)15-14-19-16-30-23-5-3-2-4-22(19)23/h2-13,16,25,30,32H,14-15H2,1H3/t25-/m0/s1. The van der Waals surface area contributed by atoms with Crippen LogP contribution in [0.2, 0.25) is 5.02 Å². The number of halogens is 1. The summed E-state index contributed by atoms with van der Waals surface area (Å²) in [5, 5.41) is 12.7. The highest BCUT2D eigenvalue weighted by Gasteiger charge is 2.45.